The summed E-state index contributed by atoms with van der Waals surface area (Å²) in [6.07, 6.45) is 0.777. The Morgan fingerprint density at radius 3 is 1.79 bits per heavy atom. The zero-order valence-corrected chi connectivity index (χ0v) is 17.3. The van der Waals surface area contributed by atoms with Gasteiger partial charge in [-0.1, -0.05) is 59.7 Å². The number of benzene rings is 2. The molecule has 2 aromatic carbocycles. The first-order valence-electron chi connectivity index (χ1n) is 9.77. The SMILES string of the molecule is Cc1ccc(C(O)(c2ccc(C)cc2)[C@]2(C)CC[C@@H](C(=O)[O-])C(C)(C)O2)cc1. The molecule has 0 aliphatic carbocycles. The lowest BCUT2D eigenvalue weighted by molar-refractivity contribution is -0.330. The predicted octanol–water partition coefficient (Wildman–Crippen LogP) is 3.25. The Morgan fingerprint density at radius 2 is 1.43 bits per heavy atom. The van der Waals surface area contributed by atoms with Gasteiger partial charge in [0.15, 0.2) is 0 Å². The van der Waals surface area contributed by atoms with Crippen LogP contribution in [-0.4, -0.2) is 22.3 Å². The van der Waals surface area contributed by atoms with E-state index in [0.29, 0.717) is 12.8 Å². The van der Waals surface area contributed by atoms with E-state index in [0.717, 1.165) is 22.3 Å². The number of carbonyl (C=O) groups excluding carboxylic acids is 1. The average molecular weight is 381 g/mol. The highest BCUT2D eigenvalue weighted by atomic mass is 16.5. The fourth-order valence-corrected chi connectivity index (χ4v) is 4.49. The Bertz CT molecular complexity index is 806. The predicted molar refractivity (Wildman–Crippen MR) is 107 cm³/mol. The second-order valence-electron chi connectivity index (χ2n) is 8.79. The number of hydrogen-bond donors (Lipinski definition) is 1. The minimum Gasteiger partial charge on any atom is -0.550 e. The average Bonchev–Trinajstić information content (AvgIpc) is 2.61. The van der Waals surface area contributed by atoms with Crippen molar-refractivity contribution in [2.24, 2.45) is 5.92 Å². The van der Waals surface area contributed by atoms with Crippen molar-refractivity contribution in [2.75, 3.05) is 0 Å². The molecule has 0 saturated carbocycles. The lowest BCUT2D eigenvalue weighted by Gasteiger charge is -2.55. The van der Waals surface area contributed by atoms with Crippen molar-refractivity contribution in [3.63, 3.8) is 0 Å². The summed E-state index contributed by atoms with van der Waals surface area (Å²) in [6.45, 7) is 9.40. The van der Waals surface area contributed by atoms with Crippen LogP contribution in [0.15, 0.2) is 48.5 Å². The van der Waals surface area contributed by atoms with Gasteiger partial charge in [0.25, 0.3) is 0 Å². The molecule has 0 aromatic heterocycles. The third-order valence-electron chi connectivity index (χ3n) is 6.23. The van der Waals surface area contributed by atoms with Gasteiger partial charge in [-0.25, -0.2) is 0 Å². The molecule has 1 N–H and O–H groups in total. The lowest BCUT2D eigenvalue weighted by Crippen LogP contribution is -2.62. The maximum atomic E-state index is 12.2. The third-order valence-corrected chi connectivity index (χ3v) is 6.23. The number of carboxylic acid groups (broad SMARTS) is 1. The molecular weight excluding hydrogens is 352 g/mol. The standard InChI is InChI=1S/C24H30O4/c1-16-6-10-18(11-7-16)24(27,19-12-8-17(2)9-13-19)23(5)15-14-20(21(25)26)22(3,4)28-23/h6-13,20,27H,14-15H2,1-5H3,(H,25,26)/p-1/t20-,23-/m0/s1. The van der Waals surface area contributed by atoms with Gasteiger partial charge >= 0.3 is 0 Å². The number of ether oxygens (including phenoxy) is 1. The Hall–Kier alpha value is -2.17. The van der Waals surface area contributed by atoms with E-state index in [1.54, 1.807) is 13.8 Å². The van der Waals surface area contributed by atoms with E-state index in [4.69, 9.17) is 4.74 Å². The molecular formula is C24H29O4-. The summed E-state index contributed by atoms with van der Waals surface area (Å²) in [4.78, 5) is 11.6. The summed E-state index contributed by atoms with van der Waals surface area (Å²) < 4.78 is 6.40. The second-order valence-corrected chi connectivity index (χ2v) is 8.79. The van der Waals surface area contributed by atoms with Crippen molar-refractivity contribution in [3.05, 3.63) is 70.8 Å². The molecule has 1 fully saturated rings. The van der Waals surface area contributed by atoms with Crippen LogP contribution in [0.3, 0.4) is 0 Å². The van der Waals surface area contributed by atoms with Crippen LogP contribution in [0.25, 0.3) is 0 Å². The van der Waals surface area contributed by atoms with Crippen LogP contribution in [0.4, 0.5) is 0 Å². The summed E-state index contributed by atoms with van der Waals surface area (Å²) in [5.74, 6) is -1.83. The molecule has 1 heterocycles. The van der Waals surface area contributed by atoms with Crippen molar-refractivity contribution in [3.8, 4) is 0 Å². The van der Waals surface area contributed by atoms with Gasteiger partial charge in [0.1, 0.15) is 11.2 Å². The van der Waals surface area contributed by atoms with Gasteiger partial charge in [0, 0.05) is 11.9 Å². The van der Waals surface area contributed by atoms with Crippen molar-refractivity contribution < 1.29 is 19.7 Å². The van der Waals surface area contributed by atoms with Crippen molar-refractivity contribution in [2.45, 2.75) is 64.3 Å². The maximum absolute atomic E-state index is 12.2. The molecule has 1 saturated heterocycles. The molecule has 0 bridgehead atoms. The number of aryl methyl sites for hydroxylation is 2. The van der Waals surface area contributed by atoms with Gasteiger partial charge in [-0.05, 0) is 58.6 Å². The topological polar surface area (TPSA) is 69.6 Å². The highest BCUT2D eigenvalue weighted by Gasteiger charge is 2.56. The van der Waals surface area contributed by atoms with Gasteiger partial charge in [-0.3, -0.25) is 0 Å². The van der Waals surface area contributed by atoms with Crippen LogP contribution in [0.1, 0.15) is 55.9 Å². The van der Waals surface area contributed by atoms with E-state index in [-0.39, 0.29) is 0 Å². The molecule has 4 heteroatoms. The molecule has 28 heavy (non-hydrogen) atoms. The quantitative estimate of drug-likeness (QED) is 0.883. The Balaban J connectivity index is 2.15. The van der Waals surface area contributed by atoms with E-state index < -0.39 is 28.7 Å². The molecule has 0 amide bonds. The van der Waals surface area contributed by atoms with E-state index >= 15 is 0 Å². The summed E-state index contributed by atoms with van der Waals surface area (Å²) in [5.41, 5.74) is 0.258. The van der Waals surface area contributed by atoms with Crippen LogP contribution in [0, 0.1) is 19.8 Å². The molecule has 3 rings (SSSR count). The Kier molecular flexibility index (Phi) is 5.15. The van der Waals surface area contributed by atoms with E-state index in [1.807, 2.05) is 69.3 Å². The number of hydrogen-bond acceptors (Lipinski definition) is 4. The van der Waals surface area contributed by atoms with Gasteiger partial charge in [-0.15, -0.1) is 0 Å². The number of aliphatic carboxylic acids is 1. The molecule has 0 unspecified atom stereocenters. The van der Waals surface area contributed by atoms with E-state index in [1.165, 1.54) is 0 Å². The highest BCUT2D eigenvalue weighted by molar-refractivity contribution is 5.69. The fourth-order valence-electron chi connectivity index (χ4n) is 4.49. The third kappa shape index (κ3) is 3.36. The van der Waals surface area contributed by atoms with Crippen LogP contribution in [-0.2, 0) is 15.1 Å². The van der Waals surface area contributed by atoms with Gasteiger partial charge in [0.05, 0.1) is 5.60 Å². The lowest BCUT2D eigenvalue weighted by atomic mass is 9.67. The second kappa shape index (κ2) is 7.02. The molecule has 0 spiro atoms. The van der Waals surface area contributed by atoms with Crippen LogP contribution in [0.2, 0.25) is 0 Å². The Labute approximate surface area is 167 Å². The highest BCUT2D eigenvalue weighted by Crippen LogP contribution is 2.51. The van der Waals surface area contributed by atoms with Gasteiger partial charge < -0.3 is 19.7 Å². The summed E-state index contributed by atoms with van der Waals surface area (Å²) in [7, 11) is 0. The summed E-state index contributed by atoms with van der Waals surface area (Å²) >= 11 is 0. The number of carbonyl (C=O) groups is 1. The van der Waals surface area contributed by atoms with Crippen LogP contribution < -0.4 is 5.11 Å². The van der Waals surface area contributed by atoms with Crippen molar-refractivity contribution in [1.29, 1.82) is 0 Å². The first-order valence-corrected chi connectivity index (χ1v) is 9.77. The normalized spacial score (nSPS) is 24.7. The smallest absolute Gasteiger partial charge is 0.143 e. The van der Waals surface area contributed by atoms with Gasteiger partial charge in [-0.2, -0.15) is 0 Å². The minimum atomic E-state index is -1.43. The first-order chi connectivity index (χ1) is 13.0. The summed E-state index contributed by atoms with van der Waals surface area (Å²) in [6, 6.07) is 15.5. The molecule has 4 nitrogen and oxygen atoms in total. The molecule has 1 aliphatic heterocycles. The molecule has 1 aliphatic rings. The monoisotopic (exact) mass is 381 g/mol. The molecule has 150 valence electrons. The minimum absolute atomic E-state index is 0.381. The van der Waals surface area contributed by atoms with Crippen molar-refractivity contribution in [1.82, 2.24) is 0 Å². The van der Waals surface area contributed by atoms with E-state index in [9.17, 15) is 15.0 Å². The number of aliphatic hydroxyl groups is 1. The fraction of sp³-hybridized carbons (Fsp3) is 0.458. The van der Waals surface area contributed by atoms with Crippen LogP contribution >= 0.6 is 0 Å². The molecule has 2 atom stereocenters. The zero-order valence-electron chi connectivity index (χ0n) is 17.3. The van der Waals surface area contributed by atoms with E-state index in [2.05, 4.69) is 0 Å². The number of rotatable bonds is 4. The molecule has 2 aromatic rings. The van der Waals surface area contributed by atoms with Gasteiger partial charge in [0.2, 0.25) is 0 Å². The van der Waals surface area contributed by atoms with Crippen molar-refractivity contribution >= 4 is 5.97 Å². The summed E-state index contributed by atoms with van der Waals surface area (Å²) in [5, 5.41) is 23.8. The first kappa shape index (κ1) is 20.6. The zero-order chi connectivity index (χ0) is 20.7. The van der Waals surface area contributed by atoms with Crippen LogP contribution in [0.5, 0.6) is 0 Å². The largest absolute Gasteiger partial charge is 0.550 e. The number of carboxylic acids is 1. The Morgan fingerprint density at radius 1 is 1.00 bits per heavy atom. The molecule has 0 radical (unpaired) electrons. The maximum Gasteiger partial charge on any atom is 0.143 e.